The van der Waals surface area contributed by atoms with Gasteiger partial charge in [-0.25, -0.2) is 4.99 Å². The second kappa shape index (κ2) is 7.53. The maximum absolute atomic E-state index is 5.34. The van der Waals surface area contributed by atoms with Gasteiger partial charge in [-0.3, -0.25) is 10.9 Å². The number of hydrogen-bond acceptors (Lipinski definition) is 4. The quantitative estimate of drug-likeness (QED) is 0.793. The second-order valence-corrected chi connectivity index (χ2v) is 6.53. The normalized spacial score (nSPS) is 15.3. The van der Waals surface area contributed by atoms with Gasteiger partial charge in [-0.1, -0.05) is 30.0 Å². The van der Waals surface area contributed by atoms with E-state index in [1.54, 1.807) is 18.9 Å². The fourth-order valence-corrected chi connectivity index (χ4v) is 3.47. The average Bonchev–Trinajstić information content (AvgIpc) is 2.91. The van der Waals surface area contributed by atoms with E-state index in [1.807, 2.05) is 30.3 Å². The Hall–Kier alpha value is -2.60. The van der Waals surface area contributed by atoms with Crippen LogP contribution >= 0.6 is 11.8 Å². The van der Waals surface area contributed by atoms with E-state index in [1.165, 1.54) is 17.0 Å². The zero-order chi connectivity index (χ0) is 17.8. The molecule has 2 N–H and O–H groups in total. The first-order chi connectivity index (χ1) is 12.1. The number of methoxy groups -OCH3 is 1. The van der Waals surface area contributed by atoms with Crippen molar-refractivity contribution in [1.29, 1.82) is 0 Å². The Morgan fingerprint density at radius 2 is 2.08 bits per heavy atom. The van der Waals surface area contributed by atoms with Crippen LogP contribution in [0, 0.1) is 13.8 Å². The topological polar surface area (TPSA) is 50.6 Å². The van der Waals surface area contributed by atoms with Crippen molar-refractivity contribution in [2.75, 3.05) is 7.11 Å². The van der Waals surface area contributed by atoms with Crippen LogP contribution in [0.5, 0.6) is 5.75 Å². The van der Waals surface area contributed by atoms with Crippen LogP contribution in [0.3, 0.4) is 0 Å². The fraction of sp³-hybridized carbons (Fsp3) is 0.211. The lowest BCUT2D eigenvalue weighted by Gasteiger charge is -2.19. The third kappa shape index (κ3) is 3.58. The molecule has 25 heavy (non-hydrogen) atoms. The van der Waals surface area contributed by atoms with Crippen LogP contribution in [0.15, 0.2) is 53.4 Å². The van der Waals surface area contributed by atoms with Crippen LogP contribution in [0.4, 0.5) is 5.69 Å². The minimum Gasteiger partial charge on any atom is -0.494 e. The predicted octanol–water partition coefficient (Wildman–Crippen LogP) is 4.13. The summed E-state index contributed by atoms with van der Waals surface area (Å²) < 4.78 is 7.59. The molecule has 0 aliphatic carbocycles. The number of nitrogens with zero attached hydrogens (tertiary/aromatic N) is 2. The van der Waals surface area contributed by atoms with Crippen molar-refractivity contribution in [2.24, 2.45) is 4.99 Å². The first-order valence-corrected chi connectivity index (χ1v) is 8.90. The summed E-state index contributed by atoms with van der Waals surface area (Å²) in [5.41, 5.74) is 11.8. The van der Waals surface area contributed by atoms with Gasteiger partial charge in [-0.2, -0.15) is 0 Å². The van der Waals surface area contributed by atoms with Crippen LogP contribution in [0.2, 0.25) is 0 Å². The zero-order valence-corrected chi connectivity index (χ0v) is 15.5. The lowest BCUT2D eigenvalue weighted by molar-refractivity contribution is 0.416. The Morgan fingerprint density at radius 3 is 2.76 bits per heavy atom. The molecule has 2 aromatic rings. The summed E-state index contributed by atoms with van der Waals surface area (Å²) in [6.45, 7) is 8.87. The van der Waals surface area contributed by atoms with E-state index in [4.69, 9.17) is 4.74 Å². The number of para-hydroxylation sites is 2. The van der Waals surface area contributed by atoms with Gasteiger partial charge in [0.1, 0.15) is 11.4 Å². The number of allylic oxidation sites excluding steroid dienone is 1. The number of thioether (sulfide) groups is 1. The molecule has 1 aliphatic heterocycles. The molecule has 1 aliphatic rings. The molecule has 0 amide bonds. The highest BCUT2D eigenvalue weighted by Crippen LogP contribution is 2.30. The van der Waals surface area contributed by atoms with E-state index in [0.717, 1.165) is 28.8 Å². The minimum absolute atomic E-state index is 0.750. The number of hydrazine groups is 1. The molecule has 0 atom stereocenters. The van der Waals surface area contributed by atoms with E-state index in [2.05, 4.69) is 52.3 Å². The first-order valence-electron chi connectivity index (χ1n) is 8.02. The monoisotopic (exact) mass is 354 g/mol. The maximum Gasteiger partial charge on any atom is 0.185 e. The Balaban J connectivity index is 1.82. The third-order valence-electron chi connectivity index (χ3n) is 4.08. The highest BCUT2D eigenvalue weighted by Gasteiger charge is 2.16. The summed E-state index contributed by atoms with van der Waals surface area (Å²) in [4.78, 5) is 4.61. The van der Waals surface area contributed by atoms with Gasteiger partial charge in [-0.15, -0.1) is 6.58 Å². The smallest absolute Gasteiger partial charge is 0.185 e. The molecule has 0 saturated carbocycles. The molecule has 0 radical (unpaired) electrons. The molecule has 1 aromatic carbocycles. The van der Waals surface area contributed by atoms with Crippen molar-refractivity contribution >= 4 is 28.3 Å². The number of amidine groups is 1. The number of nitrogens with one attached hydrogen (secondary N) is 2. The maximum atomic E-state index is 5.34. The van der Waals surface area contributed by atoms with Crippen molar-refractivity contribution in [1.82, 2.24) is 15.4 Å². The van der Waals surface area contributed by atoms with E-state index < -0.39 is 0 Å². The van der Waals surface area contributed by atoms with Gasteiger partial charge >= 0.3 is 0 Å². The van der Waals surface area contributed by atoms with Gasteiger partial charge in [0.25, 0.3) is 0 Å². The molecule has 0 saturated heterocycles. The van der Waals surface area contributed by atoms with Gasteiger partial charge in [0.05, 0.1) is 12.8 Å². The molecular weight excluding hydrogens is 332 g/mol. The molecule has 0 spiro atoms. The fourth-order valence-electron chi connectivity index (χ4n) is 2.79. The SMILES string of the molecule is C=CCn1c(C)cc(C2=CSC(=Nc3ccccc3OC)NN2)c1C. The van der Waals surface area contributed by atoms with Crippen molar-refractivity contribution in [3.63, 3.8) is 0 Å². The highest BCUT2D eigenvalue weighted by molar-refractivity contribution is 8.16. The molecule has 5 nitrogen and oxygen atoms in total. The Labute approximate surface area is 152 Å². The van der Waals surface area contributed by atoms with E-state index in [-0.39, 0.29) is 0 Å². The third-order valence-corrected chi connectivity index (χ3v) is 4.85. The zero-order valence-electron chi connectivity index (χ0n) is 14.7. The molecule has 3 rings (SSSR count). The summed E-state index contributed by atoms with van der Waals surface area (Å²) in [5.74, 6) is 0.750. The Kier molecular flexibility index (Phi) is 5.19. The summed E-state index contributed by atoms with van der Waals surface area (Å²) in [5, 5.41) is 2.85. The molecule has 130 valence electrons. The predicted molar refractivity (Wildman–Crippen MR) is 106 cm³/mol. The molecule has 2 heterocycles. The van der Waals surface area contributed by atoms with Gasteiger partial charge < -0.3 is 9.30 Å². The molecule has 0 bridgehead atoms. The Bertz CT molecular complexity index is 851. The largest absolute Gasteiger partial charge is 0.494 e. The van der Waals surface area contributed by atoms with E-state index >= 15 is 0 Å². The van der Waals surface area contributed by atoms with Gasteiger partial charge in [0.2, 0.25) is 0 Å². The van der Waals surface area contributed by atoms with Crippen LogP contribution in [-0.2, 0) is 6.54 Å². The van der Waals surface area contributed by atoms with Crippen molar-refractivity contribution in [2.45, 2.75) is 20.4 Å². The summed E-state index contributed by atoms with van der Waals surface area (Å²) in [6.07, 6.45) is 1.91. The average molecular weight is 354 g/mol. The number of aliphatic imine (C=N–C) groups is 1. The second-order valence-electron chi connectivity index (χ2n) is 5.67. The molecule has 6 heteroatoms. The molecule has 1 aromatic heterocycles. The van der Waals surface area contributed by atoms with Gasteiger partial charge in [0.15, 0.2) is 5.17 Å². The number of aromatic nitrogens is 1. The number of hydrogen-bond donors (Lipinski definition) is 2. The van der Waals surface area contributed by atoms with Gasteiger partial charge in [0, 0.05) is 28.9 Å². The van der Waals surface area contributed by atoms with E-state index in [0.29, 0.717) is 0 Å². The van der Waals surface area contributed by atoms with Crippen LogP contribution in [0.25, 0.3) is 5.70 Å². The van der Waals surface area contributed by atoms with Crippen LogP contribution in [0.1, 0.15) is 17.0 Å². The standard InChI is InChI=1S/C19H22N4OS/c1-5-10-23-13(2)11-15(14(23)3)17-12-25-19(22-21-17)20-16-8-6-7-9-18(16)24-4/h5-9,11-12,21H,1,10H2,2-4H3,(H,20,22). The highest BCUT2D eigenvalue weighted by atomic mass is 32.2. The summed E-state index contributed by atoms with van der Waals surface area (Å²) in [7, 11) is 1.65. The molecule has 0 unspecified atom stereocenters. The molecular formula is C19H22N4OS. The lowest BCUT2D eigenvalue weighted by Crippen LogP contribution is -2.36. The van der Waals surface area contributed by atoms with Crippen LogP contribution in [-0.4, -0.2) is 16.8 Å². The number of ether oxygens (including phenoxy) is 1. The number of rotatable bonds is 5. The van der Waals surface area contributed by atoms with Crippen molar-refractivity contribution < 1.29 is 4.74 Å². The molecule has 0 fully saturated rings. The summed E-state index contributed by atoms with van der Waals surface area (Å²) in [6, 6.07) is 9.88. The van der Waals surface area contributed by atoms with Crippen molar-refractivity contribution in [3.8, 4) is 5.75 Å². The van der Waals surface area contributed by atoms with Crippen LogP contribution < -0.4 is 15.6 Å². The number of benzene rings is 1. The van der Waals surface area contributed by atoms with Gasteiger partial charge in [-0.05, 0) is 32.0 Å². The number of aryl methyl sites for hydroxylation is 1. The minimum atomic E-state index is 0.750. The van der Waals surface area contributed by atoms with E-state index in [9.17, 15) is 0 Å². The first kappa shape index (κ1) is 17.2. The lowest BCUT2D eigenvalue weighted by atomic mass is 10.2. The van der Waals surface area contributed by atoms with Crippen molar-refractivity contribution in [3.05, 3.63) is 65.3 Å². The Morgan fingerprint density at radius 1 is 1.28 bits per heavy atom. The summed E-state index contributed by atoms with van der Waals surface area (Å²) >= 11 is 1.55.